The lowest BCUT2D eigenvalue weighted by molar-refractivity contribution is -0.385. The van der Waals surface area contributed by atoms with Gasteiger partial charge >= 0.3 is 0 Å². The third-order valence-corrected chi connectivity index (χ3v) is 5.51. The number of carbonyl (C=O) groups excluding carboxylic acids is 2. The Morgan fingerprint density at radius 3 is 2.41 bits per heavy atom. The van der Waals surface area contributed by atoms with E-state index in [-0.39, 0.29) is 10.6 Å². The van der Waals surface area contributed by atoms with Gasteiger partial charge in [-0.25, -0.2) is 4.39 Å². The normalized spacial score (nSPS) is 15.5. The summed E-state index contributed by atoms with van der Waals surface area (Å²) in [6.45, 7) is -0.406. The first-order valence-corrected chi connectivity index (χ1v) is 10.1. The number of amides is 2. The molecule has 0 aliphatic carbocycles. The highest BCUT2D eigenvalue weighted by atomic mass is 35.5. The van der Waals surface area contributed by atoms with Gasteiger partial charge in [0, 0.05) is 27.4 Å². The molecular weight excluding hydrogens is 460 g/mol. The van der Waals surface area contributed by atoms with E-state index in [0.29, 0.717) is 21.8 Å². The molecular formula is C22H14Cl2FN3O4. The summed E-state index contributed by atoms with van der Waals surface area (Å²) >= 11 is 12.2. The van der Waals surface area contributed by atoms with Crippen LogP contribution in [0.25, 0.3) is 0 Å². The number of hydrogen-bond donors (Lipinski definition) is 1. The minimum Gasteiger partial charge on any atom is -0.324 e. The highest BCUT2D eigenvalue weighted by Crippen LogP contribution is 2.39. The van der Waals surface area contributed by atoms with Gasteiger partial charge in [-0.15, -0.1) is 0 Å². The number of nitrogens with one attached hydrogen (secondary N) is 1. The first-order valence-electron chi connectivity index (χ1n) is 9.34. The van der Waals surface area contributed by atoms with Gasteiger partial charge in [0.05, 0.1) is 11.0 Å². The molecule has 1 N–H and O–H groups in total. The van der Waals surface area contributed by atoms with Crippen LogP contribution in [0.2, 0.25) is 10.0 Å². The van der Waals surface area contributed by atoms with Gasteiger partial charge in [0.1, 0.15) is 17.9 Å². The molecule has 2 amide bonds. The zero-order chi connectivity index (χ0) is 23.0. The Morgan fingerprint density at radius 1 is 1.06 bits per heavy atom. The molecule has 32 heavy (non-hydrogen) atoms. The molecule has 162 valence electrons. The molecule has 4 rings (SSSR count). The third-order valence-electron chi connectivity index (χ3n) is 5.04. The van der Waals surface area contributed by atoms with Crippen LogP contribution in [-0.2, 0) is 4.79 Å². The number of benzene rings is 3. The van der Waals surface area contributed by atoms with Crippen LogP contribution >= 0.6 is 23.2 Å². The lowest BCUT2D eigenvalue weighted by Gasteiger charge is -2.30. The molecule has 1 atom stereocenters. The molecule has 0 spiro atoms. The molecule has 0 saturated carbocycles. The predicted octanol–water partition coefficient (Wildman–Crippen LogP) is 5.22. The fourth-order valence-electron chi connectivity index (χ4n) is 3.66. The number of halogens is 3. The SMILES string of the molecule is O=C1CN(C(=O)c2cc(Cl)ccc2[N+](=O)[O-])C(c2ccc(F)cc2)c2cc(Cl)ccc2N1. The van der Waals surface area contributed by atoms with Gasteiger partial charge in [-0.1, -0.05) is 35.3 Å². The first kappa shape index (κ1) is 21.7. The van der Waals surface area contributed by atoms with Gasteiger partial charge in [-0.05, 0) is 48.0 Å². The molecule has 7 nitrogen and oxygen atoms in total. The smallest absolute Gasteiger partial charge is 0.282 e. The molecule has 0 radical (unpaired) electrons. The summed E-state index contributed by atoms with van der Waals surface area (Å²) in [4.78, 5) is 38.3. The molecule has 3 aromatic rings. The van der Waals surface area contributed by atoms with Crippen LogP contribution in [0.4, 0.5) is 15.8 Å². The van der Waals surface area contributed by atoms with Crippen molar-refractivity contribution in [1.29, 1.82) is 0 Å². The van der Waals surface area contributed by atoms with Gasteiger partial charge in [0.25, 0.3) is 11.6 Å². The van der Waals surface area contributed by atoms with E-state index in [0.717, 1.165) is 6.07 Å². The van der Waals surface area contributed by atoms with E-state index in [2.05, 4.69) is 5.32 Å². The topological polar surface area (TPSA) is 92.5 Å². The molecule has 1 aliphatic rings. The lowest BCUT2D eigenvalue weighted by atomic mass is 9.95. The fraction of sp³-hybridized carbons (Fsp3) is 0.0909. The second-order valence-electron chi connectivity index (χ2n) is 7.09. The third kappa shape index (κ3) is 4.15. The Kier molecular flexibility index (Phi) is 5.82. The summed E-state index contributed by atoms with van der Waals surface area (Å²) in [6.07, 6.45) is 0. The van der Waals surface area contributed by atoms with Crippen molar-refractivity contribution in [2.45, 2.75) is 6.04 Å². The summed E-state index contributed by atoms with van der Waals surface area (Å²) < 4.78 is 13.6. The van der Waals surface area contributed by atoms with Gasteiger partial charge in [-0.2, -0.15) is 0 Å². The number of hydrogen-bond acceptors (Lipinski definition) is 4. The second-order valence-corrected chi connectivity index (χ2v) is 7.96. The molecule has 10 heteroatoms. The van der Waals surface area contributed by atoms with Gasteiger partial charge in [0.15, 0.2) is 0 Å². The van der Waals surface area contributed by atoms with Crippen LogP contribution < -0.4 is 5.32 Å². The van der Waals surface area contributed by atoms with Gasteiger partial charge in [-0.3, -0.25) is 19.7 Å². The predicted molar refractivity (Wildman–Crippen MR) is 117 cm³/mol. The Morgan fingerprint density at radius 2 is 1.72 bits per heavy atom. The van der Waals surface area contributed by atoms with E-state index in [1.54, 1.807) is 18.2 Å². The summed E-state index contributed by atoms with van der Waals surface area (Å²) in [5, 5.41) is 14.7. The highest BCUT2D eigenvalue weighted by molar-refractivity contribution is 6.31. The second kappa shape index (κ2) is 8.57. The van der Waals surface area contributed by atoms with E-state index in [1.807, 2.05) is 0 Å². The molecule has 0 aromatic heterocycles. The summed E-state index contributed by atoms with van der Waals surface area (Å²) in [7, 11) is 0. The zero-order valence-electron chi connectivity index (χ0n) is 16.2. The minimum atomic E-state index is -0.880. The fourth-order valence-corrected chi connectivity index (χ4v) is 4.02. The molecule has 3 aromatic carbocycles. The standard InChI is InChI=1S/C22H14Cl2FN3O4/c23-13-3-7-18-16(9-13)21(12-1-5-15(25)6-2-12)27(11-20(29)26-18)22(30)17-10-14(24)4-8-19(17)28(31)32/h1-10,21H,11H2,(H,26,29). The Bertz CT molecular complexity index is 1250. The summed E-state index contributed by atoms with van der Waals surface area (Å²) in [5.41, 5.74) is 0.670. The average molecular weight is 474 g/mol. The quantitative estimate of drug-likeness (QED) is 0.416. The van der Waals surface area contributed by atoms with Crippen molar-refractivity contribution in [2.24, 2.45) is 0 Å². The summed E-state index contributed by atoms with van der Waals surface area (Å²) in [6, 6.07) is 12.9. The maximum absolute atomic E-state index is 13.6. The summed E-state index contributed by atoms with van der Waals surface area (Å²) in [5.74, 6) is -1.76. The van der Waals surface area contributed by atoms with Crippen LogP contribution in [0.5, 0.6) is 0 Å². The highest BCUT2D eigenvalue weighted by Gasteiger charge is 2.36. The van der Waals surface area contributed by atoms with Crippen LogP contribution in [-0.4, -0.2) is 28.2 Å². The van der Waals surface area contributed by atoms with Crippen LogP contribution in [0.15, 0.2) is 60.7 Å². The van der Waals surface area contributed by atoms with Crippen molar-refractivity contribution < 1.29 is 18.9 Å². The van der Waals surface area contributed by atoms with Gasteiger partial charge < -0.3 is 10.2 Å². The monoisotopic (exact) mass is 473 g/mol. The average Bonchev–Trinajstić information content (AvgIpc) is 2.89. The lowest BCUT2D eigenvalue weighted by Crippen LogP contribution is -2.39. The number of nitrogens with zero attached hydrogens (tertiary/aromatic N) is 2. The maximum Gasteiger partial charge on any atom is 0.282 e. The van der Waals surface area contributed by atoms with Gasteiger partial charge in [0.2, 0.25) is 5.91 Å². The van der Waals surface area contributed by atoms with Crippen molar-refractivity contribution in [3.05, 3.63) is 103 Å². The van der Waals surface area contributed by atoms with Crippen LogP contribution in [0, 0.1) is 15.9 Å². The minimum absolute atomic E-state index is 0.125. The number of carbonyl (C=O) groups is 2. The maximum atomic E-state index is 13.6. The van der Waals surface area contributed by atoms with Crippen molar-refractivity contribution >= 4 is 46.4 Å². The zero-order valence-corrected chi connectivity index (χ0v) is 17.7. The van der Waals surface area contributed by atoms with Crippen molar-refractivity contribution in [1.82, 2.24) is 4.90 Å². The molecule has 0 bridgehead atoms. The van der Waals surface area contributed by atoms with Crippen molar-refractivity contribution in [2.75, 3.05) is 11.9 Å². The van der Waals surface area contributed by atoms with E-state index in [1.165, 1.54) is 41.3 Å². The molecule has 0 saturated heterocycles. The Labute approximate surface area is 191 Å². The number of nitro groups is 1. The molecule has 1 unspecified atom stereocenters. The number of anilines is 1. The van der Waals surface area contributed by atoms with E-state index in [4.69, 9.17) is 23.2 Å². The number of rotatable bonds is 3. The number of fused-ring (bicyclic) bond motifs is 1. The molecule has 1 heterocycles. The Balaban J connectivity index is 1.93. The van der Waals surface area contributed by atoms with Crippen LogP contribution in [0.3, 0.4) is 0 Å². The largest absolute Gasteiger partial charge is 0.324 e. The Hall–Kier alpha value is -3.49. The van der Waals surface area contributed by atoms with Crippen molar-refractivity contribution in [3.63, 3.8) is 0 Å². The van der Waals surface area contributed by atoms with E-state index < -0.39 is 40.8 Å². The molecule has 1 aliphatic heterocycles. The molecule has 0 fully saturated rings. The van der Waals surface area contributed by atoms with Crippen LogP contribution in [0.1, 0.15) is 27.5 Å². The van der Waals surface area contributed by atoms with Crippen molar-refractivity contribution in [3.8, 4) is 0 Å². The van der Waals surface area contributed by atoms with E-state index >= 15 is 0 Å². The van der Waals surface area contributed by atoms with E-state index in [9.17, 15) is 24.1 Å². The first-order chi connectivity index (χ1) is 15.2. The number of nitro benzene ring substituents is 1.